The molecule has 20 heavy (non-hydrogen) atoms. The highest BCUT2D eigenvalue weighted by molar-refractivity contribution is 9.10. The molecule has 0 aromatic heterocycles. The molecule has 0 fully saturated rings. The van der Waals surface area contributed by atoms with E-state index in [1.807, 2.05) is 0 Å². The van der Waals surface area contributed by atoms with Crippen molar-refractivity contribution in [1.29, 1.82) is 0 Å². The number of nitrogens with one attached hydrogen (secondary N) is 2. The summed E-state index contributed by atoms with van der Waals surface area (Å²) in [7, 11) is 1.59. The number of carbonyl (C=O) groups excluding carboxylic acids is 1. The van der Waals surface area contributed by atoms with Crippen molar-refractivity contribution in [1.82, 2.24) is 0 Å². The van der Waals surface area contributed by atoms with E-state index in [9.17, 15) is 4.79 Å². The molecule has 2 N–H and O–H groups in total. The van der Waals surface area contributed by atoms with Crippen LogP contribution in [0.4, 0.5) is 16.2 Å². The topological polar surface area (TPSA) is 50.4 Å². The van der Waals surface area contributed by atoms with Gasteiger partial charge in [0.2, 0.25) is 0 Å². The van der Waals surface area contributed by atoms with E-state index in [2.05, 4.69) is 26.6 Å². The van der Waals surface area contributed by atoms with E-state index in [1.165, 1.54) is 0 Å². The van der Waals surface area contributed by atoms with Crippen LogP contribution in [0.2, 0.25) is 5.02 Å². The van der Waals surface area contributed by atoms with Crippen LogP contribution in [-0.4, -0.2) is 13.1 Å². The van der Waals surface area contributed by atoms with Gasteiger partial charge in [0.15, 0.2) is 0 Å². The van der Waals surface area contributed by atoms with Crippen LogP contribution in [0.3, 0.4) is 0 Å². The molecule has 0 aliphatic rings. The number of ether oxygens (including phenoxy) is 1. The number of rotatable bonds is 3. The van der Waals surface area contributed by atoms with E-state index in [0.717, 1.165) is 10.2 Å². The fourth-order valence-corrected chi connectivity index (χ4v) is 2.27. The van der Waals surface area contributed by atoms with Crippen LogP contribution in [0.1, 0.15) is 0 Å². The Morgan fingerprint density at radius 1 is 1.15 bits per heavy atom. The minimum Gasteiger partial charge on any atom is -0.497 e. The maximum absolute atomic E-state index is 11.8. The molecule has 0 spiro atoms. The van der Waals surface area contributed by atoms with Gasteiger partial charge in [-0.25, -0.2) is 4.79 Å². The fraction of sp³-hybridized carbons (Fsp3) is 0.0714. The first-order valence-corrected chi connectivity index (χ1v) is 6.92. The van der Waals surface area contributed by atoms with Crippen LogP contribution in [0.15, 0.2) is 46.9 Å². The van der Waals surface area contributed by atoms with Gasteiger partial charge >= 0.3 is 6.03 Å². The fourth-order valence-electron chi connectivity index (χ4n) is 1.55. The molecule has 2 aromatic rings. The van der Waals surface area contributed by atoms with Crippen molar-refractivity contribution < 1.29 is 9.53 Å². The summed E-state index contributed by atoms with van der Waals surface area (Å²) in [6, 6.07) is 11.9. The number of benzene rings is 2. The molecular weight excluding hydrogens is 344 g/mol. The van der Waals surface area contributed by atoms with Gasteiger partial charge in [-0.1, -0.05) is 27.5 Å². The smallest absolute Gasteiger partial charge is 0.323 e. The van der Waals surface area contributed by atoms with Crippen LogP contribution in [0, 0.1) is 0 Å². The third-order valence-corrected chi connectivity index (χ3v) is 3.33. The molecule has 104 valence electrons. The summed E-state index contributed by atoms with van der Waals surface area (Å²) in [5.41, 5.74) is 1.21. The lowest BCUT2D eigenvalue weighted by Crippen LogP contribution is -2.19. The number of methoxy groups -OCH3 is 1. The van der Waals surface area contributed by atoms with Crippen LogP contribution < -0.4 is 15.4 Å². The molecular formula is C14H12BrClN2O2. The van der Waals surface area contributed by atoms with Gasteiger partial charge in [0.1, 0.15) is 5.75 Å². The highest BCUT2D eigenvalue weighted by Gasteiger charge is 2.06. The first-order chi connectivity index (χ1) is 9.58. The number of amides is 2. The summed E-state index contributed by atoms with van der Waals surface area (Å²) in [5, 5.41) is 5.85. The Hall–Kier alpha value is -1.72. The van der Waals surface area contributed by atoms with Gasteiger partial charge in [0, 0.05) is 10.2 Å². The zero-order chi connectivity index (χ0) is 14.5. The number of halogens is 2. The normalized spacial score (nSPS) is 9.95. The molecule has 0 saturated carbocycles. The van der Waals surface area contributed by atoms with Crippen LogP contribution in [0.25, 0.3) is 0 Å². The average molecular weight is 356 g/mol. The highest BCUT2D eigenvalue weighted by atomic mass is 79.9. The second-order valence-electron chi connectivity index (χ2n) is 3.93. The molecule has 4 nitrogen and oxygen atoms in total. The van der Waals surface area contributed by atoms with Crippen LogP contribution in [-0.2, 0) is 0 Å². The summed E-state index contributed by atoms with van der Waals surface area (Å²) in [4.78, 5) is 11.8. The molecule has 2 amide bonds. The first-order valence-electron chi connectivity index (χ1n) is 5.75. The maximum atomic E-state index is 11.8. The number of urea groups is 1. The summed E-state index contributed by atoms with van der Waals surface area (Å²) in [6.07, 6.45) is 0. The zero-order valence-corrected chi connectivity index (χ0v) is 13.0. The van der Waals surface area contributed by atoms with Gasteiger partial charge in [-0.3, -0.25) is 0 Å². The van der Waals surface area contributed by atoms with Gasteiger partial charge in [-0.2, -0.15) is 0 Å². The minimum absolute atomic E-state index is 0.362. The Morgan fingerprint density at radius 2 is 1.85 bits per heavy atom. The Kier molecular flexibility index (Phi) is 4.87. The van der Waals surface area contributed by atoms with Crippen molar-refractivity contribution in [3.05, 3.63) is 52.0 Å². The SMILES string of the molecule is COc1ccc(NC(=O)Nc2ccc(Br)cc2Cl)cc1. The molecule has 0 aliphatic carbocycles. The van der Waals surface area contributed by atoms with Gasteiger partial charge in [0.05, 0.1) is 17.8 Å². The molecule has 0 unspecified atom stereocenters. The maximum Gasteiger partial charge on any atom is 0.323 e. The van der Waals surface area contributed by atoms with Crippen molar-refractivity contribution in [3.63, 3.8) is 0 Å². The van der Waals surface area contributed by atoms with E-state index in [4.69, 9.17) is 16.3 Å². The second-order valence-corrected chi connectivity index (χ2v) is 5.25. The predicted octanol–water partition coefficient (Wildman–Crippen LogP) is 4.76. The summed E-state index contributed by atoms with van der Waals surface area (Å²) < 4.78 is 5.90. The number of carbonyl (C=O) groups is 1. The third kappa shape index (κ3) is 3.88. The number of anilines is 2. The lowest BCUT2D eigenvalue weighted by molar-refractivity contribution is 0.262. The molecule has 0 atom stereocenters. The van der Waals surface area contributed by atoms with Gasteiger partial charge in [0.25, 0.3) is 0 Å². The third-order valence-electron chi connectivity index (χ3n) is 2.53. The van der Waals surface area contributed by atoms with Crippen molar-refractivity contribution in [2.24, 2.45) is 0 Å². The first kappa shape index (κ1) is 14.7. The van der Waals surface area contributed by atoms with Gasteiger partial charge in [-0.15, -0.1) is 0 Å². The minimum atomic E-state index is -0.362. The van der Waals surface area contributed by atoms with Gasteiger partial charge in [-0.05, 0) is 42.5 Å². The number of hydrogen-bond acceptors (Lipinski definition) is 2. The summed E-state index contributed by atoms with van der Waals surface area (Å²) in [5.74, 6) is 0.729. The van der Waals surface area contributed by atoms with Gasteiger partial charge < -0.3 is 15.4 Å². The Bertz CT molecular complexity index is 617. The molecule has 2 rings (SSSR count). The zero-order valence-electron chi connectivity index (χ0n) is 10.6. The van der Waals surface area contributed by atoms with E-state index in [1.54, 1.807) is 49.6 Å². The monoisotopic (exact) mass is 354 g/mol. The van der Waals surface area contributed by atoms with E-state index in [0.29, 0.717) is 16.4 Å². The standard InChI is InChI=1S/C14H12BrClN2O2/c1-20-11-5-3-10(4-6-11)17-14(19)18-13-7-2-9(15)8-12(13)16/h2-8H,1H3,(H2,17,18,19). The predicted molar refractivity (Wildman–Crippen MR) is 84.8 cm³/mol. The second kappa shape index (κ2) is 6.63. The Labute approximate surface area is 130 Å². The van der Waals surface area contributed by atoms with E-state index in [-0.39, 0.29) is 6.03 Å². The molecule has 0 bridgehead atoms. The molecule has 0 radical (unpaired) electrons. The van der Waals surface area contributed by atoms with Crippen molar-refractivity contribution in [2.75, 3.05) is 17.7 Å². The van der Waals surface area contributed by atoms with Crippen LogP contribution >= 0.6 is 27.5 Å². The Morgan fingerprint density at radius 3 is 2.45 bits per heavy atom. The summed E-state index contributed by atoms with van der Waals surface area (Å²) in [6.45, 7) is 0. The lowest BCUT2D eigenvalue weighted by atomic mass is 10.3. The largest absolute Gasteiger partial charge is 0.497 e. The molecule has 0 aliphatic heterocycles. The average Bonchev–Trinajstić information content (AvgIpc) is 2.43. The molecule has 6 heteroatoms. The van der Waals surface area contributed by atoms with Crippen molar-refractivity contribution in [3.8, 4) is 5.75 Å². The van der Waals surface area contributed by atoms with Crippen LogP contribution in [0.5, 0.6) is 5.75 Å². The molecule has 0 heterocycles. The lowest BCUT2D eigenvalue weighted by Gasteiger charge is -2.09. The Balaban J connectivity index is 2.01. The molecule has 0 saturated heterocycles. The van der Waals surface area contributed by atoms with E-state index < -0.39 is 0 Å². The molecule has 2 aromatic carbocycles. The highest BCUT2D eigenvalue weighted by Crippen LogP contribution is 2.25. The summed E-state index contributed by atoms with van der Waals surface area (Å²) >= 11 is 9.33. The van der Waals surface area contributed by atoms with E-state index >= 15 is 0 Å². The van der Waals surface area contributed by atoms with Crippen molar-refractivity contribution in [2.45, 2.75) is 0 Å². The number of hydrogen-bond donors (Lipinski definition) is 2. The van der Waals surface area contributed by atoms with Crippen molar-refractivity contribution >= 4 is 44.9 Å². The quantitative estimate of drug-likeness (QED) is 0.834.